The summed E-state index contributed by atoms with van der Waals surface area (Å²) in [6.45, 7) is 4.17. The van der Waals surface area contributed by atoms with Crippen LogP contribution in [-0.2, 0) is 6.54 Å². The molecule has 1 fully saturated rings. The van der Waals surface area contributed by atoms with Gasteiger partial charge in [0.15, 0.2) is 0 Å². The van der Waals surface area contributed by atoms with Gasteiger partial charge in [0.25, 0.3) is 0 Å². The first-order valence-corrected chi connectivity index (χ1v) is 9.51. The topological polar surface area (TPSA) is 63.4 Å². The quantitative estimate of drug-likeness (QED) is 0.615. The highest BCUT2D eigenvalue weighted by molar-refractivity contribution is 6.33. The number of benzene rings is 2. The summed E-state index contributed by atoms with van der Waals surface area (Å²) >= 11 is 6.58. The zero-order valence-corrected chi connectivity index (χ0v) is 18.5. The van der Waals surface area contributed by atoms with Gasteiger partial charge in [0.05, 0.1) is 17.6 Å². The molecule has 8 heteroatoms. The fourth-order valence-corrected chi connectivity index (χ4v) is 3.90. The number of ether oxygens (including phenoxy) is 1. The van der Waals surface area contributed by atoms with Crippen LogP contribution in [0.3, 0.4) is 0 Å². The summed E-state index contributed by atoms with van der Waals surface area (Å²) in [5.74, 6) is 1.68. The molecular formula is C21H25Cl3N4O. The van der Waals surface area contributed by atoms with E-state index in [0.29, 0.717) is 11.6 Å². The first kappa shape index (κ1) is 23.5. The number of pyridine rings is 1. The van der Waals surface area contributed by atoms with Crippen LogP contribution >= 0.6 is 36.4 Å². The molecule has 5 nitrogen and oxygen atoms in total. The highest BCUT2D eigenvalue weighted by Gasteiger charge is 2.17. The Bertz CT molecular complexity index is 978. The normalized spacial score (nSPS) is 13.6. The monoisotopic (exact) mass is 454 g/mol. The Morgan fingerprint density at radius 2 is 1.90 bits per heavy atom. The Morgan fingerprint density at radius 1 is 1.14 bits per heavy atom. The van der Waals surface area contributed by atoms with Crippen LogP contribution in [0.15, 0.2) is 42.5 Å². The molecule has 1 saturated heterocycles. The van der Waals surface area contributed by atoms with Crippen LogP contribution in [0.2, 0.25) is 5.02 Å². The Balaban J connectivity index is 0.00000150. The molecule has 0 atom stereocenters. The smallest absolute Gasteiger partial charge is 0.148 e. The number of aromatic nitrogens is 1. The van der Waals surface area contributed by atoms with E-state index in [9.17, 15) is 0 Å². The average Bonchev–Trinajstić information content (AvgIpc) is 2.72. The van der Waals surface area contributed by atoms with Crippen molar-refractivity contribution in [3.05, 3.63) is 53.1 Å². The number of nitrogens with zero attached hydrogens (tertiary/aromatic N) is 2. The molecule has 0 bridgehead atoms. The third-order valence-corrected chi connectivity index (χ3v) is 5.28. The fourth-order valence-electron chi connectivity index (χ4n) is 3.62. The van der Waals surface area contributed by atoms with Crippen LogP contribution in [0.1, 0.15) is 5.56 Å². The minimum atomic E-state index is 0. The minimum Gasteiger partial charge on any atom is -0.496 e. The number of hydrogen-bond donors (Lipinski definition) is 2. The standard InChI is InChI=1S/C21H23ClN4O.2ClH/c1-27-20-15(13-23)3-2-4-17(20)14-5-6-19-16(11-14)12-18(22)21(25-19)26-9-7-24-8-10-26;;/h2-6,11-12,24H,7-10,13,23H2,1H3;2*1H. The maximum Gasteiger partial charge on any atom is 0.148 e. The van der Waals surface area contributed by atoms with Gasteiger partial charge in [-0.2, -0.15) is 0 Å². The predicted octanol–water partition coefficient (Wildman–Crippen LogP) is 4.28. The Hall–Kier alpha value is -1.76. The molecule has 0 saturated carbocycles. The summed E-state index contributed by atoms with van der Waals surface area (Å²) in [6, 6.07) is 14.3. The van der Waals surface area contributed by atoms with Crippen molar-refractivity contribution in [1.29, 1.82) is 0 Å². The summed E-state index contributed by atoms with van der Waals surface area (Å²) < 4.78 is 5.62. The lowest BCUT2D eigenvalue weighted by molar-refractivity contribution is 0.411. The number of rotatable bonds is 4. The van der Waals surface area contributed by atoms with Gasteiger partial charge in [0.2, 0.25) is 0 Å². The number of hydrogen-bond acceptors (Lipinski definition) is 5. The number of nitrogens with two attached hydrogens (primary N) is 1. The number of halogens is 3. The van der Waals surface area contributed by atoms with Crippen molar-refractivity contribution in [2.24, 2.45) is 5.73 Å². The molecule has 29 heavy (non-hydrogen) atoms. The molecule has 1 aliphatic heterocycles. The van der Waals surface area contributed by atoms with Crippen molar-refractivity contribution < 1.29 is 4.74 Å². The highest BCUT2D eigenvalue weighted by atomic mass is 35.5. The van der Waals surface area contributed by atoms with Gasteiger partial charge in [-0.3, -0.25) is 0 Å². The van der Waals surface area contributed by atoms with Gasteiger partial charge in [0, 0.05) is 49.2 Å². The van der Waals surface area contributed by atoms with Gasteiger partial charge in [-0.1, -0.05) is 35.9 Å². The van der Waals surface area contributed by atoms with Crippen molar-refractivity contribution in [1.82, 2.24) is 10.3 Å². The number of para-hydroxylation sites is 1. The van der Waals surface area contributed by atoms with Crippen molar-refractivity contribution >= 4 is 53.1 Å². The zero-order chi connectivity index (χ0) is 18.8. The van der Waals surface area contributed by atoms with E-state index in [1.54, 1.807) is 7.11 Å². The second-order valence-electron chi connectivity index (χ2n) is 6.64. The van der Waals surface area contributed by atoms with E-state index in [-0.39, 0.29) is 24.8 Å². The first-order valence-electron chi connectivity index (χ1n) is 9.13. The van der Waals surface area contributed by atoms with E-state index >= 15 is 0 Å². The lowest BCUT2D eigenvalue weighted by Crippen LogP contribution is -2.44. The molecule has 0 spiro atoms. The summed E-state index contributed by atoms with van der Waals surface area (Å²) in [5, 5.41) is 5.05. The minimum absolute atomic E-state index is 0. The maximum absolute atomic E-state index is 6.58. The molecule has 1 aromatic heterocycles. The third-order valence-electron chi connectivity index (χ3n) is 5.00. The van der Waals surface area contributed by atoms with Gasteiger partial charge in [-0.25, -0.2) is 4.98 Å². The van der Waals surface area contributed by atoms with Crippen LogP contribution < -0.4 is 20.7 Å². The number of anilines is 1. The molecular weight excluding hydrogens is 431 g/mol. The maximum atomic E-state index is 6.58. The van der Waals surface area contributed by atoms with Crippen molar-refractivity contribution in [2.45, 2.75) is 6.54 Å². The summed E-state index contributed by atoms with van der Waals surface area (Å²) in [4.78, 5) is 7.06. The fraction of sp³-hybridized carbons (Fsp3) is 0.286. The van der Waals surface area contributed by atoms with Gasteiger partial charge >= 0.3 is 0 Å². The van der Waals surface area contributed by atoms with E-state index in [4.69, 9.17) is 27.1 Å². The lowest BCUT2D eigenvalue weighted by Gasteiger charge is -2.29. The summed E-state index contributed by atoms with van der Waals surface area (Å²) in [6.07, 6.45) is 0. The van der Waals surface area contributed by atoms with E-state index in [2.05, 4.69) is 22.3 Å². The zero-order valence-electron chi connectivity index (χ0n) is 16.2. The Labute approximate surface area is 188 Å². The van der Waals surface area contributed by atoms with Crippen LogP contribution in [0.4, 0.5) is 5.82 Å². The van der Waals surface area contributed by atoms with Crippen molar-refractivity contribution in [2.75, 3.05) is 38.2 Å². The van der Waals surface area contributed by atoms with Crippen molar-refractivity contribution in [3.8, 4) is 16.9 Å². The largest absolute Gasteiger partial charge is 0.496 e. The third kappa shape index (κ3) is 4.71. The van der Waals surface area contributed by atoms with Gasteiger partial charge in [0.1, 0.15) is 11.6 Å². The van der Waals surface area contributed by atoms with Crippen LogP contribution in [0.5, 0.6) is 5.75 Å². The van der Waals surface area contributed by atoms with E-state index in [1.807, 2.05) is 30.3 Å². The molecule has 0 amide bonds. The number of methoxy groups -OCH3 is 1. The highest BCUT2D eigenvalue weighted by Crippen LogP contribution is 2.36. The molecule has 2 heterocycles. The Morgan fingerprint density at radius 3 is 2.59 bits per heavy atom. The van der Waals surface area contributed by atoms with E-state index in [1.165, 1.54) is 0 Å². The molecule has 1 aliphatic rings. The number of nitrogens with one attached hydrogen (secondary N) is 1. The van der Waals surface area contributed by atoms with Crippen LogP contribution in [0, 0.1) is 0 Å². The lowest BCUT2D eigenvalue weighted by atomic mass is 9.99. The molecule has 0 radical (unpaired) electrons. The second kappa shape index (κ2) is 10.3. The molecule has 4 rings (SSSR count). The Kier molecular flexibility index (Phi) is 8.37. The van der Waals surface area contributed by atoms with E-state index in [0.717, 1.165) is 65.3 Å². The van der Waals surface area contributed by atoms with Gasteiger partial charge in [-0.05, 0) is 23.8 Å². The molecule has 0 unspecified atom stereocenters. The molecule has 0 aliphatic carbocycles. The van der Waals surface area contributed by atoms with Crippen LogP contribution in [-0.4, -0.2) is 38.3 Å². The predicted molar refractivity (Wildman–Crippen MR) is 126 cm³/mol. The molecule has 3 N–H and O–H groups in total. The van der Waals surface area contributed by atoms with Gasteiger partial charge in [-0.15, -0.1) is 24.8 Å². The SMILES string of the molecule is COc1c(CN)cccc1-c1ccc2nc(N3CCNCC3)c(Cl)cc2c1.Cl.Cl. The molecule has 2 aromatic carbocycles. The molecule has 3 aromatic rings. The number of piperazine rings is 1. The summed E-state index contributed by atoms with van der Waals surface area (Å²) in [7, 11) is 1.68. The first-order chi connectivity index (χ1) is 13.2. The number of fused-ring (bicyclic) bond motifs is 1. The van der Waals surface area contributed by atoms with E-state index < -0.39 is 0 Å². The van der Waals surface area contributed by atoms with Crippen molar-refractivity contribution in [3.63, 3.8) is 0 Å². The molecule has 156 valence electrons. The van der Waals surface area contributed by atoms with Gasteiger partial charge < -0.3 is 20.7 Å². The summed E-state index contributed by atoms with van der Waals surface area (Å²) in [5.41, 5.74) is 9.85. The second-order valence-corrected chi connectivity index (χ2v) is 7.05. The average molecular weight is 456 g/mol. The van der Waals surface area contributed by atoms with Crippen LogP contribution in [0.25, 0.3) is 22.0 Å².